The van der Waals surface area contributed by atoms with Crippen LogP contribution >= 0.6 is 0 Å². The standard InChI is InChI=1S/C30H28N2O4/c33-28(34)18-10-17-26-27(20-19-23-11-4-1-5-12-23)31(21-24-13-6-2-7-14-24)30(36)32(29(26)35)22-25-15-8-3-9-16-25/h1-9,11-16,19-20H,10,17-18,21-22H2,(H,33,34). The minimum Gasteiger partial charge on any atom is -0.481 e. The second-order valence-electron chi connectivity index (χ2n) is 8.59. The highest BCUT2D eigenvalue weighted by atomic mass is 16.4. The molecular formula is C30H28N2O4. The number of carboxylic acids is 1. The Morgan fingerprint density at radius 3 is 1.81 bits per heavy atom. The molecule has 0 bridgehead atoms. The van der Waals surface area contributed by atoms with Crippen molar-refractivity contribution < 1.29 is 9.90 Å². The normalized spacial score (nSPS) is 11.1. The maximum Gasteiger partial charge on any atom is 0.332 e. The summed E-state index contributed by atoms with van der Waals surface area (Å²) < 4.78 is 2.88. The first-order valence-corrected chi connectivity index (χ1v) is 11.9. The van der Waals surface area contributed by atoms with Crippen LogP contribution in [0.2, 0.25) is 0 Å². The third-order valence-electron chi connectivity index (χ3n) is 5.98. The van der Waals surface area contributed by atoms with Gasteiger partial charge in [-0.1, -0.05) is 97.1 Å². The maximum absolute atomic E-state index is 13.8. The molecule has 1 aromatic heterocycles. The SMILES string of the molecule is O=C(O)CCCc1c(C=Cc2ccccc2)n(Cc2ccccc2)c(=O)n(Cc2ccccc2)c1=O. The highest BCUT2D eigenvalue weighted by molar-refractivity contribution is 5.70. The zero-order valence-electron chi connectivity index (χ0n) is 19.9. The monoisotopic (exact) mass is 480 g/mol. The lowest BCUT2D eigenvalue weighted by Crippen LogP contribution is -2.43. The number of hydrogen-bond acceptors (Lipinski definition) is 3. The van der Waals surface area contributed by atoms with Crippen LogP contribution in [0.25, 0.3) is 12.2 Å². The van der Waals surface area contributed by atoms with E-state index in [-0.39, 0.29) is 31.5 Å². The molecule has 3 aromatic carbocycles. The van der Waals surface area contributed by atoms with Crippen molar-refractivity contribution in [2.45, 2.75) is 32.4 Å². The summed E-state index contributed by atoms with van der Waals surface area (Å²) in [6.07, 6.45) is 4.16. The fourth-order valence-electron chi connectivity index (χ4n) is 4.18. The van der Waals surface area contributed by atoms with Crippen molar-refractivity contribution in [1.82, 2.24) is 9.13 Å². The molecule has 0 fully saturated rings. The molecular weight excluding hydrogens is 452 g/mol. The Morgan fingerprint density at radius 1 is 0.722 bits per heavy atom. The number of carboxylic acid groups (broad SMARTS) is 1. The molecule has 4 aromatic rings. The average molecular weight is 481 g/mol. The predicted molar refractivity (Wildman–Crippen MR) is 142 cm³/mol. The van der Waals surface area contributed by atoms with Gasteiger partial charge < -0.3 is 5.11 Å². The number of hydrogen-bond donors (Lipinski definition) is 1. The van der Waals surface area contributed by atoms with Gasteiger partial charge in [-0.3, -0.25) is 18.7 Å². The molecule has 0 amide bonds. The fraction of sp³-hybridized carbons (Fsp3) is 0.167. The van der Waals surface area contributed by atoms with Crippen LogP contribution < -0.4 is 11.2 Å². The van der Waals surface area contributed by atoms with Gasteiger partial charge in [-0.15, -0.1) is 0 Å². The van der Waals surface area contributed by atoms with Crippen molar-refractivity contribution in [2.75, 3.05) is 0 Å². The van der Waals surface area contributed by atoms with Crippen molar-refractivity contribution in [2.24, 2.45) is 0 Å². The minimum absolute atomic E-state index is 0.0578. The van der Waals surface area contributed by atoms with Crippen LogP contribution in [-0.4, -0.2) is 20.2 Å². The molecule has 1 N–H and O–H groups in total. The van der Waals surface area contributed by atoms with Gasteiger partial charge in [0.15, 0.2) is 0 Å². The second-order valence-corrected chi connectivity index (χ2v) is 8.59. The van der Waals surface area contributed by atoms with Gasteiger partial charge in [0, 0.05) is 12.0 Å². The van der Waals surface area contributed by atoms with Crippen molar-refractivity contribution >= 4 is 18.1 Å². The van der Waals surface area contributed by atoms with Gasteiger partial charge >= 0.3 is 11.7 Å². The molecule has 6 heteroatoms. The Hall–Kier alpha value is -4.45. The summed E-state index contributed by atoms with van der Waals surface area (Å²) in [5, 5.41) is 9.17. The number of aliphatic carboxylic acids is 1. The number of carbonyl (C=O) groups is 1. The zero-order chi connectivity index (χ0) is 25.3. The molecule has 0 spiro atoms. The number of rotatable bonds is 10. The molecule has 36 heavy (non-hydrogen) atoms. The lowest BCUT2D eigenvalue weighted by molar-refractivity contribution is -0.137. The van der Waals surface area contributed by atoms with Crippen LogP contribution in [0.15, 0.2) is 101 Å². The van der Waals surface area contributed by atoms with Crippen LogP contribution in [0.3, 0.4) is 0 Å². The van der Waals surface area contributed by atoms with E-state index in [9.17, 15) is 19.5 Å². The third-order valence-corrected chi connectivity index (χ3v) is 5.98. The van der Waals surface area contributed by atoms with E-state index < -0.39 is 11.7 Å². The van der Waals surface area contributed by atoms with Gasteiger partial charge in [0.2, 0.25) is 0 Å². The Bertz CT molecular complexity index is 1450. The van der Waals surface area contributed by atoms with Crippen molar-refractivity contribution in [3.63, 3.8) is 0 Å². The number of nitrogens with zero attached hydrogens (tertiary/aromatic N) is 2. The van der Waals surface area contributed by atoms with Gasteiger partial charge in [-0.2, -0.15) is 0 Å². The Labute approximate surface area is 209 Å². The Balaban J connectivity index is 1.90. The van der Waals surface area contributed by atoms with E-state index in [4.69, 9.17) is 0 Å². The fourth-order valence-corrected chi connectivity index (χ4v) is 4.18. The maximum atomic E-state index is 13.8. The lowest BCUT2D eigenvalue weighted by atomic mass is 10.0. The Kier molecular flexibility index (Phi) is 8.08. The molecule has 6 nitrogen and oxygen atoms in total. The van der Waals surface area contributed by atoms with Crippen LogP contribution in [-0.2, 0) is 24.3 Å². The van der Waals surface area contributed by atoms with Crippen molar-refractivity contribution in [1.29, 1.82) is 0 Å². The largest absolute Gasteiger partial charge is 0.481 e. The molecule has 0 aliphatic heterocycles. The minimum atomic E-state index is -0.918. The van der Waals surface area contributed by atoms with E-state index in [0.717, 1.165) is 16.7 Å². The topological polar surface area (TPSA) is 81.3 Å². The Morgan fingerprint density at radius 2 is 1.25 bits per heavy atom. The number of aromatic nitrogens is 2. The zero-order valence-corrected chi connectivity index (χ0v) is 19.9. The van der Waals surface area contributed by atoms with E-state index in [1.54, 1.807) is 10.6 Å². The van der Waals surface area contributed by atoms with Crippen LogP contribution in [0.4, 0.5) is 0 Å². The molecule has 0 unspecified atom stereocenters. The van der Waals surface area contributed by atoms with Gasteiger partial charge in [0.1, 0.15) is 0 Å². The molecule has 0 aliphatic rings. The lowest BCUT2D eigenvalue weighted by Gasteiger charge is -2.18. The first-order chi connectivity index (χ1) is 17.5. The average Bonchev–Trinajstić information content (AvgIpc) is 2.90. The van der Waals surface area contributed by atoms with E-state index in [1.807, 2.05) is 97.1 Å². The smallest absolute Gasteiger partial charge is 0.332 e. The molecule has 0 radical (unpaired) electrons. The number of benzene rings is 3. The summed E-state index contributed by atoms with van der Waals surface area (Å²) in [7, 11) is 0. The summed E-state index contributed by atoms with van der Waals surface area (Å²) >= 11 is 0. The van der Waals surface area contributed by atoms with Crippen molar-refractivity contribution in [3.05, 3.63) is 140 Å². The first-order valence-electron chi connectivity index (χ1n) is 11.9. The molecule has 0 saturated carbocycles. The predicted octanol–water partition coefficient (Wildman–Crippen LogP) is 4.68. The molecule has 0 saturated heterocycles. The quantitative estimate of drug-likeness (QED) is 0.357. The summed E-state index contributed by atoms with van der Waals surface area (Å²) in [5.74, 6) is -0.918. The molecule has 0 atom stereocenters. The van der Waals surface area contributed by atoms with Gasteiger partial charge in [0.25, 0.3) is 5.56 Å². The second kappa shape index (κ2) is 11.8. The van der Waals surface area contributed by atoms with Crippen LogP contribution in [0, 0.1) is 0 Å². The van der Waals surface area contributed by atoms with Gasteiger partial charge in [-0.05, 0) is 35.6 Å². The highest BCUT2D eigenvalue weighted by Gasteiger charge is 2.18. The van der Waals surface area contributed by atoms with Crippen molar-refractivity contribution in [3.8, 4) is 0 Å². The van der Waals surface area contributed by atoms with Gasteiger partial charge in [0.05, 0.1) is 18.8 Å². The van der Waals surface area contributed by atoms with E-state index in [2.05, 4.69) is 0 Å². The third kappa shape index (κ3) is 6.16. The van der Waals surface area contributed by atoms with Crippen LogP contribution in [0.1, 0.15) is 40.8 Å². The van der Waals surface area contributed by atoms with E-state index >= 15 is 0 Å². The van der Waals surface area contributed by atoms with Gasteiger partial charge in [-0.25, -0.2) is 4.79 Å². The van der Waals surface area contributed by atoms with Crippen LogP contribution in [0.5, 0.6) is 0 Å². The summed E-state index contributed by atoms with van der Waals surface area (Å²) in [5.41, 5.74) is 2.86. The molecule has 1 heterocycles. The van der Waals surface area contributed by atoms with E-state index in [0.29, 0.717) is 17.7 Å². The molecule has 182 valence electrons. The summed E-state index contributed by atoms with van der Waals surface area (Å²) in [6, 6.07) is 28.6. The molecule has 4 rings (SSSR count). The molecule has 0 aliphatic carbocycles. The summed E-state index contributed by atoms with van der Waals surface area (Å²) in [6.45, 7) is 0.428. The highest BCUT2D eigenvalue weighted by Crippen LogP contribution is 2.15. The summed E-state index contributed by atoms with van der Waals surface area (Å²) in [4.78, 5) is 38.6. The van der Waals surface area contributed by atoms with E-state index in [1.165, 1.54) is 4.57 Å². The first kappa shape index (κ1) is 24.7.